The van der Waals surface area contributed by atoms with Gasteiger partial charge in [-0.3, -0.25) is 4.79 Å². The van der Waals surface area contributed by atoms with Gasteiger partial charge in [0, 0.05) is 17.4 Å². The highest BCUT2D eigenvalue weighted by Crippen LogP contribution is 2.33. The Hall–Kier alpha value is -1.57. The molecular weight excluding hydrogens is 210 g/mol. The zero-order valence-electron chi connectivity index (χ0n) is 10.1. The Morgan fingerprint density at radius 1 is 1.35 bits per heavy atom. The fraction of sp³-hybridized carbons (Fsp3) is 0.400. The predicted molar refractivity (Wildman–Crippen MR) is 69.4 cm³/mol. The highest BCUT2D eigenvalue weighted by atomic mass is 16.1. The number of aryl methyl sites for hydroxylation is 1. The van der Waals surface area contributed by atoms with Gasteiger partial charge in [-0.2, -0.15) is 0 Å². The van der Waals surface area contributed by atoms with Crippen molar-refractivity contribution in [1.29, 1.82) is 0 Å². The second-order valence-corrected chi connectivity index (χ2v) is 4.99. The van der Waals surface area contributed by atoms with E-state index in [0.717, 1.165) is 30.9 Å². The summed E-state index contributed by atoms with van der Waals surface area (Å²) in [6.45, 7) is 3.17. The number of aromatic nitrogens is 1. The Morgan fingerprint density at radius 3 is 2.82 bits per heavy atom. The van der Waals surface area contributed by atoms with E-state index in [-0.39, 0.29) is 0 Å². The van der Waals surface area contributed by atoms with Gasteiger partial charge in [0.15, 0.2) is 6.29 Å². The largest absolute Gasteiger partial charge is 0.338 e. The van der Waals surface area contributed by atoms with E-state index >= 15 is 0 Å². The van der Waals surface area contributed by atoms with E-state index in [9.17, 15) is 4.79 Å². The van der Waals surface area contributed by atoms with Crippen LogP contribution in [-0.2, 0) is 13.0 Å². The minimum atomic E-state index is 0.787. The highest BCUT2D eigenvalue weighted by Gasteiger charge is 2.23. The average Bonchev–Trinajstić information content (AvgIpc) is 3.11. The van der Waals surface area contributed by atoms with Gasteiger partial charge in [0.25, 0.3) is 0 Å². The summed E-state index contributed by atoms with van der Waals surface area (Å²) in [6.07, 6.45) is 4.64. The van der Waals surface area contributed by atoms with Crippen LogP contribution in [0.15, 0.2) is 24.3 Å². The predicted octanol–water partition coefficient (Wildman–Crippen LogP) is 3.43. The first kappa shape index (κ1) is 10.6. The SMILES string of the molecule is CCc1ccc2cc(C=O)n(CC3CC3)c2c1. The molecule has 1 saturated carbocycles. The summed E-state index contributed by atoms with van der Waals surface area (Å²) in [7, 11) is 0. The van der Waals surface area contributed by atoms with Gasteiger partial charge in [-0.05, 0) is 42.9 Å². The van der Waals surface area contributed by atoms with Crippen LogP contribution in [0, 0.1) is 5.92 Å². The lowest BCUT2D eigenvalue weighted by atomic mass is 10.1. The first-order chi connectivity index (χ1) is 8.31. The van der Waals surface area contributed by atoms with Crippen molar-refractivity contribution >= 4 is 17.2 Å². The number of carbonyl (C=O) groups is 1. The molecule has 0 unspecified atom stereocenters. The van der Waals surface area contributed by atoms with Crippen LogP contribution >= 0.6 is 0 Å². The Bertz CT molecular complexity index is 564. The molecule has 1 aromatic carbocycles. The average molecular weight is 227 g/mol. The molecule has 0 saturated heterocycles. The number of hydrogen-bond donors (Lipinski definition) is 0. The summed E-state index contributed by atoms with van der Waals surface area (Å²) < 4.78 is 2.19. The van der Waals surface area contributed by atoms with Crippen molar-refractivity contribution in [1.82, 2.24) is 4.57 Å². The fourth-order valence-corrected chi connectivity index (χ4v) is 2.40. The van der Waals surface area contributed by atoms with Crippen molar-refractivity contribution in [2.75, 3.05) is 0 Å². The molecule has 0 aliphatic heterocycles. The zero-order valence-corrected chi connectivity index (χ0v) is 10.1. The van der Waals surface area contributed by atoms with E-state index in [0.29, 0.717) is 0 Å². The summed E-state index contributed by atoms with van der Waals surface area (Å²) in [5.74, 6) is 0.787. The molecule has 17 heavy (non-hydrogen) atoms. The number of fused-ring (bicyclic) bond motifs is 1. The summed E-state index contributed by atoms with van der Waals surface area (Å²) in [4.78, 5) is 11.1. The van der Waals surface area contributed by atoms with Gasteiger partial charge in [0.1, 0.15) is 0 Å². The van der Waals surface area contributed by atoms with Crippen molar-refractivity contribution in [3.63, 3.8) is 0 Å². The number of rotatable bonds is 4. The van der Waals surface area contributed by atoms with Crippen molar-refractivity contribution in [2.45, 2.75) is 32.7 Å². The first-order valence-electron chi connectivity index (χ1n) is 6.39. The van der Waals surface area contributed by atoms with E-state index in [2.05, 4.69) is 29.7 Å². The number of hydrogen-bond acceptors (Lipinski definition) is 1. The van der Waals surface area contributed by atoms with Gasteiger partial charge in [-0.15, -0.1) is 0 Å². The Kier molecular flexibility index (Phi) is 2.50. The molecule has 0 bridgehead atoms. The fourth-order valence-electron chi connectivity index (χ4n) is 2.40. The number of nitrogens with zero attached hydrogens (tertiary/aromatic N) is 1. The Balaban J connectivity index is 2.15. The number of benzene rings is 1. The third-order valence-electron chi connectivity index (χ3n) is 3.67. The summed E-state index contributed by atoms with van der Waals surface area (Å²) >= 11 is 0. The van der Waals surface area contributed by atoms with E-state index in [1.807, 2.05) is 6.07 Å². The molecule has 1 aliphatic carbocycles. The van der Waals surface area contributed by atoms with Crippen LogP contribution < -0.4 is 0 Å². The van der Waals surface area contributed by atoms with Crippen LogP contribution in [0.1, 0.15) is 35.8 Å². The molecule has 0 radical (unpaired) electrons. The van der Waals surface area contributed by atoms with Crippen molar-refractivity contribution in [3.05, 3.63) is 35.5 Å². The minimum Gasteiger partial charge on any atom is -0.338 e. The van der Waals surface area contributed by atoms with Crippen LogP contribution in [0.5, 0.6) is 0 Å². The summed E-state index contributed by atoms with van der Waals surface area (Å²) in [6, 6.07) is 8.51. The third-order valence-corrected chi connectivity index (χ3v) is 3.67. The molecule has 0 N–H and O–H groups in total. The second kappa shape index (κ2) is 4.02. The van der Waals surface area contributed by atoms with Gasteiger partial charge in [-0.25, -0.2) is 0 Å². The normalized spacial score (nSPS) is 15.4. The van der Waals surface area contributed by atoms with Gasteiger partial charge in [0.05, 0.1) is 5.69 Å². The lowest BCUT2D eigenvalue weighted by Crippen LogP contribution is -2.03. The smallest absolute Gasteiger partial charge is 0.166 e. The third kappa shape index (κ3) is 1.88. The van der Waals surface area contributed by atoms with E-state index in [1.54, 1.807) is 0 Å². The van der Waals surface area contributed by atoms with Crippen LogP contribution in [-0.4, -0.2) is 10.9 Å². The molecular formula is C15H17NO. The van der Waals surface area contributed by atoms with Gasteiger partial charge in [-0.1, -0.05) is 19.1 Å². The standard InChI is InChI=1S/C15H17NO/c1-2-11-5-6-13-8-14(10-17)16(15(13)7-11)9-12-3-4-12/h5-8,10,12H,2-4,9H2,1H3. The Labute approximate surface area is 101 Å². The monoisotopic (exact) mass is 227 g/mol. The van der Waals surface area contributed by atoms with Gasteiger partial charge in [0.2, 0.25) is 0 Å². The lowest BCUT2D eigenvalue weighted by molar-refractivity contribution is 0.111. The molecule has 88 valence electrons. The van der Waals surface area contributed by atoms with Crippen LogP contribution in [0.4, 0.5) is 0 Å². The molecule has 2 heteroatoms. The van der Waals surface area contributed by atoms with Crippen LogP contribution in [0.3, 0.4) is 0 Å². The molecule has 3 rings (SSSR count). The van der Waals surface area contributed by atoms with Crippen molar-refractivity contribution < 1.29 is 4.79 Å². The quantitative estimate of drug-likeness (QED) is 0.733. The van der Waals surface area contributed by atoms with E-state index in [4.69, 9.17) is 0 Å². The Morgan fingerprint density at radius 2 is 2.18 bits per heavy atom. The molecule has 2 aromatic rings. The number of aldehydes is 1. The van der Waals surface area contributed by atoms with Gasteiger partial charge >= 0.3 is 0 Å². The highest BCUT2D eigenvalue weighted by molar-refractivity contribution is 5.89. The van der Waals surface area contributed by atoms with Crippen LogP contribution in [0.2, 0.25) is 0 Å². The first-order valence-corrected chi connectivity index (χ1v) is 6.39. The van der Waals surface area contributed by atoms with Crippen molar-refractivity contribution in [2.24, 2.45) is 5.92 Å². The minimum absolute atomic E-state index is 0.787. The maximum absolute atomic E-state index is 11.1. The maximum atomic E-state index is 11.1. The summed E-state index contributed by atoms with van der Waals surface area (Å²) in [5.41, 5.74) is 3.38. The topological polar surface area (TPSA) is 22.0 Å². The van der Waals surface area contributed by atoms with Gasteiger partial charge < -0.3 is 4.57 Å². The van der Waals surface area contributed by atoms with E-state index < -0.39 is 0 Å². The summed E-state index contributed by atoms with van der Waals surface area (Å²) in [5, 5.41) is 1.19. The molecule has 2 nitrogen and oxygen atoms in total. The second-order valence-electron chi connectivity index (χ2n) is 4.99. The molecule has 0 amide bonds. The lowest BCUT2D eigenvalue weighted by Gasteiger charge is -2.07. The maximum Gasteiger partial charge on any atom is 0.166 e. The molecule has 1 heterocycles. The zero-order chi connectivity index (χ0) is 11.8. The molecule has 1 fully saturated rings. The van der Waals surface area contributed by atoms with E-state index in [1.165, 1.54) is 29.3 Å². The molecule has 0 spiro atoms. The number of carbonyl (C=O) groups excluding carboxylic acids is 1. The van der Waals surface area contributed by atoms with Crippen LogP contribution in [0.25, 0.3) is 10.9 Å². The van der Waals surface area contributed by atoms with Crippen molar-refractivity contribution in [3.8, 4) is 0 Å². The molecule has 1 aliphatic rings. The molecule has 0 atom stereocenters. The molecule has 1 aromatic heterocycles.